The first kappa shape index (κ1) is 15.4. The molecule has 1 aromatic heterocycles. The van der Waals surface area contributed by atoms with E-state index < -0.39 is 0 Å². The van der Waals surface area contributed by atoms with Gasteiger partial charge in [-0.15, -0.1) is 0 Å². The van der Waals surface area contributed by atoms with E-state index >= 15 is 0 Å². The molecule has 2 heterocycles. The number of hydrogen-bond acceptors (Lipinski definition) is 4. The normalized spacial score (nSPS) is 22.9. The summed E-state index contributed by atoms with van der Waals surface area (Å²) >= 11 is 0. The van der Waals surface area contributed by atoms with Gasteiger partial charge in [0.25, 0.3) is 0 Å². The molecule has 2 rings (SSSR count). The van der Waals surface area contributed by atoms with Crippen LogP contribution in [-0.2, 0) is 0 Å². The van der Waals surface area contributed by atoms with E-state index in [2.05, 4.69) is 47.2 Å². The summed E-state index contributed by atoms with van der Waals surface area (Å²) in [6, 6.07) is 5.24. The highest BCUT2D eigenvalue weighted by Gasteiger charge is 2.25. The summed E-state index contributed by atoms with van der Waals surface area (Å²) in [5, 5.41) is 3.68. The number of hydrogen-bond donors (Lipinski definition) is 1. The van der Waals surface area contributed by atoms with Gasteiger partial charge >= 0.3 is 0 Å². The van der Waals surface area contributed by atoms with Crippen LogP contribution in [0.1, 0.15) is 31.4 Å². The first-order valence-electron chi connectivity index (χ1n) is 7.72. The Hall–Kier alpha value is -0.970. The van der Waals surface area contributed by atoms with Gasteiger partial charge < -0.3 is 15.1 Å². The highest BCUT2D eigenvalue weighted by atomic mass is 15.3. The van der Waals surface area contributed by atoms with Crippen molar-refractivity contribution in [3.8, 4) is 0 Å². The Kier molecular flexibility index (Phi) is 5.95. The zero-order valence-electron chi connectivity index (χ0n) is 13.0. The van der Waals surface area contributed by atoms with E-state index in [1.54, 1.807) is 0 Å². The SMILES string of the molecule is CCCNC(CC1CN(C)CCN1C)c1cccnc1. The van der Waals surface area contributed by atoms with Gasteiger partial charge in [-0.2, -0.15) is 0 Å². The van der Waals surface area contributed by atoms with Crippen LogP contribution in [0.25, 0.3) is 0 Å². The maximum atomic E-state index is 4.28. The number of aromatic nitrogens is 1. The van der Waals surface area contributed by atoms with Crippen LogP contribution in [0.2, 0.25) is 0 Å². The van der Waals surface area contributed by atoms with Crippen LogP contribution in [-0.4, -0.2) is 61.1 Å². The molecule has 2 atom stereocenters. The number of nitrogens with one attached hydrogen (secondary N) is 1. The molecule has 0 spiro atoms. The van der Waals surface area contributed by atoms with Crippen molar-refractivity contribution in [1.29, 1.82) is 0 Å². The third-order valence-electron chi connectivity index (χ3n) is 4.22. The molecule has 0 aromatic carbocycles. The molecule has 0 bridgehead atoms. The van der Waals surface area contributed by atoms with Gasteiger partial charge in [-0.25, -0.2) is 0 Å². The molecular formula is C16H28N4. The Labute approximate surface area is 123 Å². The lowest BCUT2D eigenvalue weighted by molar-refractivity contribution is 0.101. The molecule has 0 aliphatic carbocycles. The van der Waals surface area contributed by atoms with E-state index in [1.807, 2.05) is 18.5 Å². The molecule has 2 unspecified atom stereocenters. The lowest BCUT2D eigenvalue weighted by atomic mass is 9.98. The standard InChI is InChI=1S/C16H28N4/c1-4-7-18-16(14-6-5-8-17-12-14)11-15-13-19(2)9-10-20(15)3/h5-6,8,12,15-16,18H,4,7,9-11,13H2,1-3H3. The number of nitrogens with zero attached hydrogens (tertiary/aromatic N) is 3. The van der Waals surface area contributed by atoms with Crippen LogP contribution < -0.4 is 5.32 Å². The fourth-order valence-electron chi connectivity index (χ4n) is 2.87. The molecule has 1 aliphatic heterocycles. The Morgan fingerprint density at radius 3 is 2.95 bits per heavy atom. The molecule has 1 saturated heterocycles. The number of piperazine rings is 1. The van der Waals surface area contributed by atoms with Gasteiger partial charge in [0, 0.05) is 44.1 Å². The van der Waals surface area contributed by atoms with Crippen molar-refractivity contribution in [1.82, 2.24) is 20.1 Å². The fourth-order valence-corrected chi connectivity index (χ4v) is 2.87. The predicted molar refractivity (Wildman–Crippen MR) is 83.8 cm³/mol. The summed E-state index contributed by atoms with van der Waals surface area (Å²) in [4.78, 5) is 9.21. The average molecular weight is 276 g/mol. The molecule has 4 heteroatoms. The summed E-state index contributed by atoms with van der Waals surface area (Å²) in [5.41, 5.74) is 1.31. The molecule has 112 valence electrons. The largest absolute Gasteiger partial charge is 0.310 e. The molecular weight excluding hydrogens is 248 g/mol. The van der Waals surface area contributed by atoms with Crippen molar-refractivity contribution in [2.75, 3.05) is 40.3 Å². The van der Waals surface area contributed by atoms with Crippen molar-refractivity contribution in [3.05, 3.63) is 30.1 Å². The minimum Gasteiger partial charge on any atom is -0.310 e. The van der Waals surface area contributed by atoms with Crippen molar-refractivity contribution < 1.29 is 0 Å². The molecule has 20 heavy (non-hydrogen) atoms. The van der Waals surface area contributed by atoms with E-state index in [1.165, 1.54) is 12.1 Å². The first-order chi connectivity index (χ1) is 9.70. The number of likely N-dealkylation sites (N-methyl/N-ethyl adjacent to an activating group) is 2. The van der Waals surface area contributed by atoms with Gasteiger partial charge in [-0.3, -0.25) is 4.98 Å². The first-order valence-corrected chi connectivity index (χ1v) is 7.72. The van der Waals surface area contributed by atoms with E-state index in [0.29, 0.717) is 12.1 Å². The van der Waals surface area contributed by atoms with Crippen molar-refractivity contribution in [2.45, 2.75) is 31.8 Å². The quantitative estimate of drug-likeness (QED) is 0.858. The van der Waals surface area contributed by atoms with E-state index in [4.69, 9.17) is 0 Å². The highest BCUT2D eigenvalue weighted by molar-refractivity contribution is 5.14. The van der Waals surface area contributed by atoms with Crippen molar-refractivity contribution >= 4 is 0 Å². The predicted octanol–water partition coefficient (Wildman–Crippen LogP) is 1.76. The maximum absolute atomic E-state index is 4.28. The summed E-state index contributed by atoms with van der Waals surface area (Å²) in [6.45, 7) is 6.77. The minimum atomic E-state index is 0.405. The number of pyridine rings is 1. The van der Waals surface area contributed by atoms with Crippen molar-refractivity contribution in [3.63, 3.8) is 0 Å². The highest BCUT2D eigenvalue weighted by Crippen LogP contribution is 2.22. The molecule has 1 N–H and O–H groups in total. The molecule has 4 nitrogen and oxygen atoms in total. The monoisotopic (exact) mass is 276 g/mol. The van der Waals surface area contributed by atoms with Crippen molar-refractivity contribution in [2.24, 2.45) is 0 Å². The van der Waals surface area contributed by atoms with Gasteiger partial charge in [0.2, 0.25) is 0 Å². The van der Waals surface area contributed by atoms with Gasteiger partial charge in [-0.05, 0) is 45.1 Å². The summed E-state index contributed by atoms with van der Waals surface area (Å²) < 4.78 is 0. The summed E-state index contributed by atoms with van der Waals surface area (Å²) in [6.07, 6.45) is 6.16. The lowest BCUT2D eigenvalue weighted by Gasteiger charge is -2.39. The summed E-state index contributed by atoms with van der Waals surface area (Å²) in [5.74, 6) is 0. The van der Waals surface area contributed by atoms with Gasteiger partial charge in [0.15, 0.2) is 0 Å². The van der Waals surface area contributed by atoms with Crippen LogP contribution in [0.3, 0.4) is 0 Å². The lowest BCUT2D eigenvalue weighted by Crippen LogP contribution is -2.51. The maximum Gasteiger partial charge on any atom is 0.0350 e. The minimum absolute atomic E-state index is 0.405. The van der Waals surface area contributed by atoms with Gasteiger partial charge in [0.05, 0.1) is 0 Å². The Morgan fingerprint density at radius 2 is 2.25 bits per heavy atom. The Bertz CT molecular complexity index is 381. The molecule has 0 amide bonds. The molecule has 0 saturated carbocycles. The van der Waals surface area contributed by atoms with Gasteiger partial charge in [0.1, 0.15) is 0 Å². The second-order valence-electron chi connectivity index (χ2n) is 5.93. The zero-order chi connectivity index (χ0) is 14.4. The van der Waals surface area contributed by atoms with E-state index in [0.717, 1.165) is 32.5 Å². The van der Waals surface area contributed by atoms with Crippen LogP contribution in [0.4, 0.5) is 0 Å². The molecule has 1 aliphatic rings. The van der Waals surface area contributed by atoms with Crippen LogP contribution >= 0.6 is 0 Å². The second-order valence-corrected chi connectivity index (χ2v) is 5.93. The van der Waals surface area contributed by atoms with Crippen LogP contribution in [0.15, 0.2) is 24.5 Å². The fraction of sp³-hybridized carbons (Fsp3) is 0.688. The van der Waals surface area contributed by atoms with E-state index in [9.17, 15) is 0 Å². The van der Waals surface area contributed by atoms with Crippen LogP contribution in [0, 0.1) is 0 Å². The van der Waals surface area contributed by atoms with Crippen LogP contribution in [0.5, 0.6) is 0 Å². The molecule has 1 fully saturated rings. The molecule has 1 aromatic rings. The molecule has 0 radical (unpaired) electrons. The Morgan fingerprint density at radius 1 is 1.40 bits per heavy atom. The summed E-state index contributed by atoms with van der Waals surface area (Å²) in [7, 11) is 4.47. The topological polar surface area (TPSA) is 31.4 Å². The average Bonchev–Trinajstić information content (AvgIpc) is 2.48. The number of rotatable bonds is 6. The third-order valence-corrected chi connectivity index (χ3v) is 4.22. The third kappa shape index (κ3) is 4.27. The van der Waals surface area contributed by atoms with Gasteiger partial charge in [-0.1, -0.05) is 13.0 Å². The van der Waals surface area contributed by atoms with E-state index in [-0.39, 0.29) is 0 Å². The Balaban J connectivity index is 2.03. The smallest absolute Gasteiger partial charge is 0.0350 e. The zero-order valence-corrected chi connectivity index (χ0v) is 13.0. The second kappa shape index (κ2) is 7.72.